The molecule has 5 rings (SSSR count). The molecule has 30 heavy (non-hydrogen) atoms. The number of tetrazole rings is 1. The van der Waals surface area contributed by atoms with Gasteiger partial charge < -0.3 is 12.4 Å². The monoisotopic (exact) mass is 410 g/mol. The van der Waals surface area contributed by atoms with Crippen LogP contribution in [-0.2, 0) is 0 Å². The average molecular weight is 411 g/mol. The van der Waals surface area contributed by atoms with Crippen LogP contribution >= 0.6 is 0 Å². The highest BCUT2D eigenvalue weighted by Crippen LogP contribution is 2.24. The van der Waals surface area contributed by atoms with E-state index in [1.54, 1.807) is 0 Å². The van der Waals surface area contributed by atoms with Gasteiger partial charge in [-0.25, -0.2) is 0 Å². The lowest BCUT2D eigenvalue weighted by Crippen LogP contribution is -3.00. The van der Waals surface area contributed by atoms with E-state index in [4.69, 9.17) is 10.2 Å². The van der Waals surface area contributed by atoms with Crippen molar-refractivity contribution in [1.29, 1.82) is 0 Å². The zero-order valence-electron chi connectivity index (χ0n) is 16.1. The molecule has 0 aliphatic carbocycles. The maximum Gasteiger partial charge on any atom is 0.340 e. The molecule has 0 aliphatic heterocycles. The molecule has 0 aliphatic rings. The summed E-state index contributed by atoms with van der Waals surface area (Å²) in [6.07, 6.45) is 0. The molecule has 0 atom stereocenters. The predicted molar refractivity (Wildman–Crippen MR) is 114 cm³/mol. The van der Waals surface area contributed by atoms with Crippen LogP contribution in [0.25, 0.3) is 33.9 Å². The van der Waals surface area contributed by atoms with Crippen molar-refractivity contribution in [2.45, 2.75) is 0 Å². The van der Waals surface area contributed by atoms with Crippen molar-refractivity contribution >= 4 is 0 Å². The molecular weight excluding hydrogens is 392 g/mol. The van der Waals surface area contributed by atoms with Crippen LogP contribution in [0.1, 0.15) is 0 Å². The summed E-state index contributed by atoms with van der Waals surface area (Å²) in [7, 11) is 0. The van der Waals surface area contributed by atoms with Crippen LogP contribution in [0.15, 0.2) is 115 Å². The molecule has 0 fully saturated rings. The third-order valence-corrected chi connectivity index (χ3v) is 4.78. The van der Waals surface area contributed by atoms with Gasteiger partial charge in [0.1, 0.15) is 5.69 Å². The smallest absolute Gasteiger partial charge is 0.340 e. The summed E-state index contributed by atoms with van der Waals surface area (Å²) in [5.41, 5.74) is 5.14. The predicted octanol–water partition coefficient (Wildman–Crippen LogP) is 1.88. The summed E-state index contributed by atoms with van der Waals surface area (Å²) in [5, 5.41) is 9.71. The Kier molecular flexibility index (Phi) is 5.68. The van der Waals surface area contributed by atoms with Gasteiger partial charge in [0.2, 0.25) is 0 Å². The van der Waals surface area contributed by atoms with Crippen LogP contribution in [0.5, 0.6) is 0 Å². The molecule has 0 saturated heterocycles. The number of benzene rings is 4. The highest BCUT2D eigenvalue weighted by molar-refractivity contribution is 5.70. The van der Waals surface area contributed by atoms with Crippen molar-refractivity contribution in [2.24, 2.45) is 0 Å². The molecule has 4 nitrogen and oxygen atoms in total. The summed E-state index contributed by atoms with van der Waals surface area (Å²) in [6, 6.07) is 38.7. The zero-order valence-corrected chi connectivity index (χ0v) is 16.9. The number of hydrogen-bond acceptors (Lipinski definition) is 2. The topological polar surface area (TPSA) is 34.6 Å². The molecule has 0 spiro atoms. The second-order valence-corrected chi connectivity index (χ2v) is 6.69. The molecule has 0 amide bonds. The third-order valence-electron chi connectivity index (χ3n) is 4.78. The number of halogens is 1. The highest BCUT2D eigenvalue weighted by Gasteiger charge is 2.25. The molecule has 4 aromatic carbocycles. The Balaban J connectivity index is 0.00000218. The van der Waals surface area contributed by atoms with Crippen molar-refractivity contribution in [2.75, 3.05) is 0 Å². The van der Waals surface area contributed by atoms with Gasteiger partial charge in [0.15, 0.2) is 5.69 Å². The molecule has 0 N–H and O–H groups in total. The summed E-state index contributed by atoms with van der Waals surface area (Å²) < 4.78 is 0. The maximum absolute atomic E-state index is 4.88. The molecule has 0 bridgehead atoms. The highest BCUT2D eigenvalue weighted by atomic mass is 35.5. The molecule has 0 saturated carbocycles. The van der Waals surface area contributed by atoms with Gasteiger partial charge in [0.05, 0.1) is 10.7 Å². The minimum absolute atomic E-state index is 0. The van der Waals surface area contributed by atoms with E-state index in [2.05, 4.69) is 24.3 Å². The number of rotatable bonds is 4. The minimum atomic E-state index is 0. The van der Waals surface area contributed by atoms with Gasteiger partial charge >= 0.3 is 5.82 Å². The molecule has 1 heterocycles. The van der Waals surface area contributed by atoms with Crippen LogP contribution in [0, 0.1) is 0 Å². The Morgan fingerprint density at radius 2 is 1.10 bits per heavy atom. The lowest BCUT2D eigenvalue weighted by Gasteiger charge is -2.06. The molecule has 146 valence electrons. The van der Waals surface area contributed by atoms with E-state index in [1.807, 2.05) is 101 Å². The van der Waals surface area contributed by atoms with E-state index in [-0.39, 0.29) is 12.4 Å². The Morgan fingerprint density at radius 1 is 0.567 bits per heavy atom. The fourth-order valence-electron chi connectivity index (χ4n) is 3.38. The normalized spacial score (nSPS) is 10.4. The minimum Gasteiger partial charge on any atom is -1.00 e. The number of hydrogen-bond donors (Lipinski definition) is 0. The van der Waals surface area contributed by atoms with Crippen molar-refractivity contribution in [3.63, 3.8) is 0 Å². The third kappa shape index (κ3) is 3.73. The quantitative estimate of drug-likeness (QED) is 0.424. The van der Waals surface area contributed by atoms with Crippen LogP contribution < -0.4 is 17.2 Å². The van der Waals surface area contributed by atoms with Crippen molar-refractivity contribution in [1.82, 2.24) is 15.0 Å². The van der Waals surface area contributed by atoms with Gasteiger partial charge in [-0.2, -0.15) is 0 Å². The first-order chi connectivity index (χ1) is 14.4. The maximum atomic E-state index is 4.88. The summed E-state index contributed by atoms with van der Waals surface area (Å²) in [6.45, 7) is 0. The first-order valence-electron chi connectivity index (χ1n) is 9.55. The second kappa shape index (κ2) is 8.72. The van der Waals surface area contributed by atoms with E-state index >= 15 is 0 Å². The standard InChI is InChI=1S/C25H19N4.ClH/c1-4-12-20(13-5-1)23-18-10-11-19-24(23)29-27-25(21-14-6-2-7-15-21)26-28(29)22-16-8-3-9-17-22;/h1-19H;1H/q+1;/p-1. The molecule has 0 radical (unpaired) electrons. The van der Waals surface area contributed by atoms with Crippen molar-refractivity contribution in [3.8, 4) is 33.9 Å². The number of para-hydroxylation sites is 2. The van der Waals surface area contributed by atoms with Gasteiger partial charge in [0, 0.05) is 10.4 Å². The molecule has 1 aromatic heterocycles. The van der Waals surface area contributed by atoms with Crippen LogP contribution in [-0.4, -0.2) is 15.0 Å². The molecule has 5 heteroatoms. The Hall–Kier alpha value is -3.76. The zero-order chi connectivity index (χ0) is 19.5. The summed E-state index contributed by atoms with van der Waals surface area (Å²) >= 11 is 0. The van der Waals surface area contributed by atoms with E-state index in [0.29, 0.717) is 5.82 Å². The summed E-state index contributed by atoms with van der Waals surface area (Å²) in [4.78, 5) is 3.73. The van der Waals surface area contributed by atoms with E-state index in [1.165, 1.54) is 0 Å². The Labute approximate surface area is 181 Å². The van der Waals surface area contributed by atoms with Crippen molar-refractivity contribution in [3.05, 3.63) is 115 Å². The largest absolute Gasteiger partial charge is 1.00 e. The molecular formula is C25H19ClN4. The van der Waals surface area contributed by atoms with Gasteiger partial charge in [-0.05, 0) is 51.9 Å². The van der Waals surface area contributed by atoms with Crippen LogP contribution in [0.4, 0.5) is 0 Å². The van der Waals surface area contributed by atoms with E-state index in [9.17, 15) is 0 Å². The molecule has 0 unspecified atom stereocenters. The Morgan fingerprint density at radius 3 is 1.77 bits per heavy atom. The Bertz CT molecular complexity index is 1240. The first-order valence-corrected chi connectivity index (χ1v) is 9.55. The van der Waals surface area contributed by atoms with Crippen LogP contribution in [0.3, 0.4) is 0 Å². The van der Waals surface area contributed by atoms with E-state index < -0.39 is 0 Å². The van der Waals surface area contributed by atoms with Gasteiger partial charge in [-0.3, -0.25) is 0 Å². The average Bonchev–Trinajstić information content (AvgIpc) is 3.26. The lowest BCUT2D eigenvalue weighted by atomic mass is 10.0. The van der Waals surface area contributed by atoms with Gasteiger partial charge in [-0.1, -0.05) is 78.9 Å². The lowest BCUT2D eigenvalue weighted by molar-refractivity contribution is -0.734. The van der Waals surface area contributed by atoms with Gasteiger partial charge in [0.25, 0.3) is 0 Å². The van der Waals surface area contributed by atoms with Gasteiger partial charge in [-0.15, -0.1) is 0 Å². The first kappa shape index (κ1) is 19.6. The number of nitrogens with zero attached hydrogens (tertiary/aromatic N) is 4. The molecule has 5 aromatic rings. The fourth-order valence-corrected chi connectivity index (χ4v) is 3.38. The summed E-state index contributed by atoms with van der Waals surface area (Å²) in [5.74, 6) is 0.678. The second-order valence-electron chi connectivity index (χ2n) is 6.69. The van der Waals surface area contributed by atoms with Crippen LogP contribution in [0.2, 0.25) is 0 Å². The van der Waals surface area contributed by atoms with E-state index in [0.717, 1.165) is 28.1 Å². The number of aromatic nitrogens is 4. The SMILES string of the molecule is [Cl-].c1ccc(-c2nn(-c3ccccc3)[n+](-c3ccccc3-c3ccccc3)n2)cc1. The van der Waals surface area contributed by atoms with Crippen molar-refractivity contribution < 1.29 is 17.2 Å². The fraction of sp³-hybridized carbons (Fsp3) is 0.